The fourth-order valence-corrected chi connectivity index (χ4v) is 2.13. The number of β-amino-alcohol motifs (C(OH)–C–C–N with tert-alkyl or cyclic N) is 1. The minimum atomic E-state index is -0.462. The molecule has 0 spiro atoms. The second-order valence-corrected chi connectivity index (χ2v) is 4.82. The van der Waals surface area contributed by atoms with E-state index in [1.807, 2.05) is 18.0 Å². The van der Waals surface area contributed by atoms with Crippen LogP contribution < -0.4 is 4.90 Å². The lowest BCUT2D eigenvalue weighted by Gasteiger charge is -2.30. The van der Waals surface area contributed by atoms with E-state index in [2.05, 4.69) is 14.9 Å². The molecule has 2 heterocycles. The number of likely N-dealkylation sites (N-methyl/N-ethyl adjacent to an activating group) is 1. The third-order valence-electron chi connectivity index (χ3n) is 3.20. The molecule has 7 nitrogen and oxygen atoms in total. The Morgan fingerprint density at radius 2 is 2.20 bits per heavy atom. The van der Waals surface area contributed by atoms with Gasteiger partial charge in [0.15, 0.2) is 5.69 Å². The van der Waals surface area contributed by atoms with Crippen LogP contribution in [0, 0.1) is 11.3 Å². The van der Waals surface area contributed by atoms with Crippen LogP contribution in [-0.4, -0.2) is 72.5 Å². The van der Waals surface area contributed by atoms with Crippen molar-refractivity contribution in [1.82, 2.24) is 14.9 Å². The number of hydrogen-bond acceptors (Lipinski definition) is 7. The molecule has 7 heteroatoms. The molecule has 1 aromatic rings. The zero-order valence-corrected chi connectivity index (χ0v) is 11.6. The van der Waals surface area contributed by atoms with Crippen LogP contribution in [0.4, 0.5) is 5.82 Å². The first-order valence-corrected chi connectivity index (χ1v) is 6.60. The minimum Gasteiger partial charge on any atom is -0.390 e. The Bertz CT molecular complexity index is 453. The highest BCUT2D eigenvalue weighted by molar-refractivity contribution is 5.36. The van der Waals surface area contributed by atoms with Gasteiger partial charge in [-0.05, 0) is 0 Å². The van der Waals surface area contributed by atoms with Crippen LogP contribution >= 0.6 is 0 Å². The normalized spacial score (nSPS) is 17.4. The molecule has 1 N–H and O–H groups in total. The van der Waals surface area contributed by atoms with E-state index in [1.54, 1.807) is 6.20 Å². The highest BCUT2D eigenvalue weighted by Crippen LogP contribution is 2.08. The van der Waals surface area contributed by atoms with Crippen LogP contribution in [0.15, 0.2) is 12.4 Å². The minimum absolute atomic E-state index is 0.288. The van der Waals surface area contributed by atoms with Crippen molar-refractivity contribution in [2.75, 3.05) is 51.3 Å². The number of nitriles is 1. The highest BCUT2D eigenvalue weighted by atomic mass is 16.5. The van der Waals surface area contributed by atoms with Crippen LogP contribution in [0.1, 0.15) is 5.69 Å². The Balaban J connectivity index is 1.83. The third-order valence-corrected chi connectivity index (χ3v) is 3.20. The zero-order chi connectivity index (χ0) is 14.4. The van der Waals surface area contributed by atoms with Gasteiger partial charge < -0.3 is 14.7 Å². The quantitative estimate of drug-likeness (QED) is 0.775. The van der Waals surface area contributed by atoms with E-state index in [0.717, 1.165) is 26.3 Å². The summed E-state index contributed by atoms with van der Waals surface area (Å²) >= 11 is 0. The number of aliphatic hydroxyl groups excluding tert-OH is 1. The van der Waals surface area contributed by atoms with Gasteiger partial charge in [-0.2, -0.15) is 5.26 Å². The van der Waals surface area contributed by atoms with Gasteiger partial charge in [0.1, 0.15) is 11.9 Å². The maximum Gasteiger partial charge on any atom is 0.158 e. The number of aliphatic hydroxyl groups is 1. The molecule has 1 fully saturated rings. The van der Waals surface area contributed by atoms with E-state index in [0.29, 0.717) is 18.9 Å². The first kappa shape index (κ1) is 14.7. The molecule has 1 aromatic heterocycles. The summed E-state index contributed by atoms with van der Waals surface area (Å²) in [6.07, 6.45) is 2.51. The molecule has 0 aliphatic carbocycles. The largest absolute Gasteiger partial charge is 0.390 e. The van der Waals surface area contributed by atoms with Gasteiger partial charge in [-0.15, -0.1) is 0 Å². The molecule has 1 atom stereocenters. The Labute approximate surface area is 118 Å². The van der Waals surface area contributed by atoms with Crippen LogP contribution in [0.25, 0.3) is 0 Å². The standard InChI is InChI=1S/C13H19N5O2/c1-17(13-8-15-11(6-14)7-16-13)9-12(19)10-18-2-4-20-5-3-18/h7-8,12,19H,2-5,9-10H2,1H3. The number of hydrogen-bond donors (Lipinski definition) is 1. The van der Waals surface area contributed by atoms with Gasteiger partial charge in [0.25, 0.3) is 0 Å². The summed E-state index contributed by atoms with van der Waals surface area (Å²) in [5, 5.41) is 18.8. The van der Waals surface area contributed by atoms with Crippen LogP contribution in [0.3, 0.4) is 0 Å². The predicted molar refractivity (Wildman–Crippen MR) is 73.3 cm³/mol. The molecule has 1 saturated heterocycles. The van der Waals surface area contributed by atoms with Crippen LogP contribution in [0.5, 0.6) is 0 Å². The Kier molecular flexibility index (Phi) is 5.24. The first-order valence-electron chi connectivity index (χ1n) is 6.60. The number of morpholine rings is 1. The van der Waals surface area contributed by atoms with E-state index in [9.17, 15) is 5.11 Å². The summed E-state index contributed by atoms with van der Waals surface area (Å²) < 4.78 is 5.28. The predicted octanol–water partition coefficient (Wildman–Crippen LogP) is -0.522. The first-order chi connectivity index (χ1) is 9.69. The Morgan fingerprint density at radius 3 is 2.80 bits per heavy atom. The fourth-order valence-electron chi connectivity index (χ4n) is 2.13. The van der Waals surface area contributed by atoms with Crippen molar-refractivity contribution >= 4 is 5.82 Å². The van der Waals surface area contributed by atoms with Crippen molar-refractivity contribution in [3.63, 3.8) is 0 Å². The molecule has 0 bridgehead atoms. The lowest BCUT2D eigenvalue weighted by molar-refractivity contribution is 0.0162. The molecule has 1 unspecified atom stereocenters. The molecule has 0 amide bonds. The van der Waals surface area contributed by atoms with Gasteiger partial charge >= 0.3 is 0 Å². The van der Waals surface area contributed by atoms with Crippen LogP contribution in [-0.2, 0) is 4.74 Å². The lowest BCUT2D eigenvalue weighted by Crippen LogP contribution is -2.44. The van der Waals surface area contributed by atoms with Gasteiger partial charge in [-0.1, -0.05) is 0 Å². The molecule has 0 aromatic carbocycles. The monoisotopic (exact) mass is 277 g/mol. The van der Waals surface area contributed by atoms with Crippen molar-refractivity contribution in [3.8, 4) is 6.07 Å². The average Bonchev–Trinajstić information content (AvgIpc) is 2.48. The molecular weight excluding hydrogens is 258 g/mol. The number of rotatable bonds is 5. The third kappa shape index (κ3) is 4.13. The molecule has 20 heavy (non-hydrogen) atoms. The summed E-state index contributed by atoms with van der Waals surface area (Å²) in [5.74, 6) is 0.644. The van der Waals surface area contributed by atoms with Gasteiger partial charge in [-0.25, -0.2) is 9.97 Å². The van der Waals surface area contributed by atoms with Crippen molar-refractivity contribution in [1.29, 1.82) is 5.26 Å². The number of ether oxygens (including phenoxy) is 1. The fraction of sp³-hybridized carbons (Fsp3) is 0.615. The number of anilines is 1. The Morgan fingerprint density at radius 1 is 1.45 bits per heavy atom. The van der Waals surface area contributed by atoms with Gasteiger partial charge in [0.2, 0.25) is 0 Å². The summed E-state index contributed by atoms with van der Waals surface area (Å²) in [7, 11) is 1.85. The molecule has 2 rings (SSSR count). The highest BCUT2D eigenvalue weighted by Gasteiger charge is 2.16. The van der Waals surface area contributed by atoms with E-state index >= 15 is 0 Å². The second kappa shape index (κ2) is 7.14. The van der Waals surface area contributed by atoms with E-state index in [-0.39, 0.29) is 5.69 Å². The summed E-state index contributed by atoms with van der Waals surface area (Å²) in [6.45, 7) is 4.26. The molecule has 0 radical (unpaired) electrons. The maximum absolute atomic E-state index is 10.1. The van der Waals surface area contributed by atoms with Crippen molar-refractivity contribution in [2.45, 2.75) is 6.10 Å². The van der Waals surface area contributed by atoms with E-state index < -0.39 is 6.10 Å². The SMILES string of the molecule is CN(CC(O)CN1CCOCC1)c1cnc(C#N)cn1. The van der Waals surface area contributed by atoms with Gasteiger partial charge in [0, 0.05) is 33.2 Å². The summed E-state index contributed by atoms with van der Waals surface area (Å²) in [5.41, 5.74) is 0.288. The number of nitrogens with zero attached hydrogens (tertiary/aromatic N) is 5. The van der Waals surface area contributed by atoms with Crippen molar-refractivity contribution < 1.29 is 9.84 Å². The van der Waals surface area contributed by atoms with Gasteiger partial charge in [0.05, 0.1) is 31.7 Å². The van der Waals surface area contributed by atoms with Crippen molar-refractivity contribution in [2.24, 2.45) is 0 Å². The molecule has 1 aliphatic heterocycles. The van der Waals surface area contributed by atoms with E-state index in [4.69, 9.17) is 10.00 Å². The molecule has 1 aliphatic rings. The lowest BCUT2D eigenvalue weighted by atomic mass is 10.3. The van der Waals surface area contributed by atoms with E-state index in [1.165, 1.54) is 6.20 Å². The zero-order valence-electron chi connectivity index (χ0n) is 11.6. The van der Waals surface area contributed by atoms with Crippen molar-refractivity contribution in [3.05, 3.63) is 18.1 Å². The molecule has 108 valence electrons. The molecular formula is C13H19N5O2. The summed E-state index contributed by atoms with van der Waals surface area (Å²) in [6, 6.07) is 1.93. The smallest absolute Gasteiger partial charge is 0.158 e. The van der Waals surface area contributed by atoms with Crippen LogP contribution in [0.2, 0.25) is 0 Å². The topological polar surface area (TPSA) is 85.5 Å². The average molecular weight is 277 g/mol. The second-order valence-electron chi connectivity index (χ2n) is 4.82. The van der Waals surface area contributed by atoms with Gasteiger partial charge in [-0.3, -0.25) is 4.90 Å². The summed E-state index contributed by atoms with van der Waals surface area (Å²) in [4.78, 5) is 12.1. The number of aromatic nitrogens is 2. The maximum atomic E-state index is 10.1. The Hall–Kier alpha value is -1.75. The molecule has 0 saturated carbocycles.